The smallest absolute Gasteiger partial charge is 0.183 e. The fraction of sp³-hybridized carbons (Fsp3) is 0.471. The number of rotatable bonds is 5. The third-order valence-electron chi connectivity index (χ3n) is 4.68. The van der Waals surface area contributed by atoms with Crippen molar-refractivity contribution in [2.45, 2.75) is 37.1 Å². The fourth-order valence-corrected chi connectivity index (χ4v) is 3.57. The molecule has 0 saturated carbocycles. The summed E-state index contributed by atoms with van der Waals surface area (Å²) < 4.78 is 18.5. The molecule has 4 rings (SSSR count). The van der Waals surface area contributed by atoms with Crippen molar-refractivity contribution in [1.82, 2.24) is 15.1 Å². The van der Waals surface area contributed by atoms with E-state index >= 15 is 0 Å². The molecule has 1 aromatic heterocycles. The third kappa shape index (κ3) is 3.26. The summed E-state index contributed by atoms with van der Waals surface area (Å²) in [6.45, 7) is 1.01. The highest BCUT2D eigenvalue weighted by atomic mass is 35.5. The van der Waals surface area contributed by atoms with Crippen LogP contribution in [0.25, 0.3) is 0 Å². The van der Waals surface area contributed by atoms with Crippen LogP contribution in [0.3, 0.4) is 0 Å². The number of hydrogen-bond donors (Lipinski definition) is 2. The van der Waals surface area contributed by atoms with Crippen molar-refractivity contribution in [3.05, 3.63) is 47.2 Å². The van der Waals surface area contributed by atoms with E-state index in [1.165, 1.54) is 6.20 Å². The zero-order chi connectivity index (χ0) is 17.4. The Morgan fingerprint density at radius 3 is 3.12 bits per heavy atom. The number of nitrogens with zero attached hydrogens (tertiary/aromatic N) is 2. The summed E-state index contributed by atoms with van der Waals surface area (Å²) in [5.41, 5.74) is 1.06. The van der Waals surface area contributed by atoms with Gasteiger partial charge in [-0.05, 0) is 17.7 Å². The Kier molecular flexibility index (Phi) is 4.66. The number of fused-ring (bicyclic) bond motifs is 2. The Balaban J connectivity index is 1.50. The van der Waals surface area contributed by atoms with E-state index in [-0.39, 0.29) is 12.1 Å². The van der Waals surface area contributed by atoms with Crippen molar-refractivity contribution in [2.75, 3.05) is 13.7 Å². The second-order valence-corrected chi connectivity index (χ2v) is 6.69. The highest BCUT2D eigenvalue weighted by Gasteiger charge is 2.51. The fourth-order valence-electron chi connectivity index (χ4n) is 3.43. The van der Waals surface area contributed by atoms with Gasteiger partial charge in [-0.1, -0.05) is 23.7 Å². The molecule has 0 radical (unpaired) electrons. The Morgan fingerprint density at radius 2 is 2.36 bits per heavy atom. The van der Waals surface area contributed by atoms with E-state index in [1.54, 1.807) is 18.0 Å². The van der Waals surface area contributed by atoms with Crippen LogP contribution in [-0.4, -0.2) is 53.1 Å². The molecule has 3 heterocycles. The number of ether oxygens (including phenoxy) is 3. The van der Waals surface area contributed by atoms with Crippen LogP contribution in [0.15, 0.2) is 36.7 Å². The highest BCUT2D eigenvalue weighted by molar-refractivity contribution is 6.30. The van der Waals surface area contributed by atoms with Gasteiger partial charge in [0.05, 0.1) is 37.1 Å². The molecule has 2 saturated heterocycles. The van der Waals surface area contributed by atoms with Gasteiger partial charge in [0.15, 0.2) is 6.29 Å². The van der Waals surface area contributed by atoms with E-state index in [0.29, 0.717) is 18.2 Å². The lowest BCUT2D eigenvalue weighted by atomic mass is 9.96. The van der Waals surface area contributed by atoms with Crippen molar-refractivity contribution in [3.8, 4) is 5.75 Å². The first-order valence-corrected chi connectivity index (χ1v) is 8.54. The minimum Gasteiger partial charge on any atom is -0.497 e. The van der Waals surface area contributed by atoms with Gasteiger partial charge in [-0.3, -0.25) is 4.68 Å². The SMILES string of the molecule is COc1cccc(CNC2C3COC(O3)C(n3cc(Cl)cn3)C2O)c1. The van der Waals surface area contributed by atoms with Gasteiger partial charge in [-0.25, -0.2) is 0 Å². The maximum absolute atomic E-state index is 10.9. The largest absolute Gasteiger partial charge is 0.497 e. The molecular weight excluding hydrogens is 346 g/mol. The van der Waals surface area contributed by atoms with Gasteiger partial charge >= 0.3 is 0 Å². The molecule has 0 aliphatic carbocycles. The lowest BCUT2D eigenvalue weighted by Gasteiger charge is -2.38. The maximum atomic E-state index is 10.9. The molecular formula is C17H20ClN3O4. The second kappa shape index (κ2) is 6.93. The molecule has 2 bridgehead atoms. The van der Waals surface area contributed by atoms with Crippen molar-refractivity contribution in [3.63, 3.8) is 0 Å². The molecule has 0 spiro atoms. The van der Waals surface area contributed by atoms with Crippen LogP contribution in [0.1, 0.15) is 11.6 Å². The summed E-state index contributed by atoms with van der Waals surface area (Å²) >= 11 is 5.96. The first-order chi connectivity index (χ1) is 12.2. The van der Waals surface area contributed by atoms with E-state index in [2.05, 4.69) is 10.4 Å². The first-order valence-electron chi connectivity index (χ1n) is 8.17. The predicted molar refractivity (Wildman–Crippen MR) is 90.5 cm³/mol. The Bertz CT molecular complexity index is 740. The molecule has 1 aromatic carbocycles. The molecule has 8 heteroatoms. The number of halogens is 1. The summed E-state index contributed by atoms with van der Waals surface area (Å²) in [6, 6.07) is 7.07. The molecule has 134 valence electrons. The number of aromatic nitrogens is 2. The molecule has 2 aliphatic heterocycles. The zero-order valence-electron chi connectivity index (χ0n) is 13.7. The topological polar surface area (TPSA) is 77.8 Å². The number of benzene rings is 1. The molecule has 2 aliphatic rings. The number of hydrogen-bond acceptors (Lipinski definition) is 6. The van der Waals surface area contributed by atoms with E-state index in [1.807, 2.05) is 24.3 Å². The molecule has 5 unspecified atom stereocenters. The Hall–Kier alpha value is -1.64. The van der Waals surface area contributed by atoms with Gasteiger partial charge < -0.3 is 24.6 Å². The van der Waals surface area contributed by atoms with Gasteiger partial charge in [-0.15, -0.1) is 0 Å². The number of methoxy groups -OCH3 is 1. The van der Waals surface area contributed by atoms with Gasteiger partial charge in [0.1, 0.15) is 17.9 Å². The molecule has 2 fully saturated rings. The molecule has 0 amide bonds. The molecule has 2 aromatic rings. The zero-order valence-corrected chi connectivity index (χ0v) is 14.5. The van der Waals surface area contributed by atoms with Crippen LogP contribution in [0.4, 0.5) is 0 Å². The summed E-state index contributed by atoms with van der Waals surface area (Å²) in [7, 11) is 1.64. The van der Waals surface area contributed by atoms with E-state index in [0.717, 1.165) is 11.3 Å². The van der Waals surface area contributed by atoms with Crippen LogP contribution in [0.2, 0.25) is 5.02 Å². The second-order valence-electron chi connectivity index (χ2n) is 6.25. The highest BCUT2D eigenvalue weighted by Crippen LogP contribution is 2.36. The monoisotopic (exact) mass is 365 g/mol. The number of nitrogens with one attached hydrogen (secondary N) is 1. The van der Waals surface area contributed by atoms with Gasteiger partial charge in [-0.2, -0.15) is 5.10 Å². The average Bonchev–Trinajstić information content (AvgIpc) is 3.23. The van der Waals surface area contributed by atoms with Crippen LogP contribution in [0.5, 0.6) is 5.75 Å². The van der Waals surface area contributed by atoms with Crippen molar-refractivity contribution < 1.29 is 19.3 Å². The minimum atomic E-state index is -0.715. The molecule has 2 N–H and O–H groups in total. The van der Waals surface area contributed by atoms with Crippen molar-refractivity contribution in [1.29, 1.82) is 0 Å². The Labute approximate surface area is 150 Å². The standard InChI is InChI=1S/C17H20ClN3O4/c1-23-12-4-2-3-10(5-12)6-19-14-13-9-24-17(25-13)15(16(14)22)21-8-11(18)7-20-21/h2-5,7-8,13-17,19,22H,6,9H2,1H3. The van der Waals surface area contributed by atoms with Crippen LogP contribution in [-0.2, 0) is 16.0 Å². The predicted octanol–water partition coefficient (Wildman–Crippen LogP) is 1.36. The molecule has 5 atom stereocenters. The van der Waals surface area contributed by atoms with Crippen molar-refractivity contribution >= 4 is 11.6 Å². The number of aliphatic hydroxyl groups excluding tert-OH is 1. The maximum Gasteiger partial charge on any atom is 0.183 e. The number of aliphatic hydroxyl groups is 1. The van der Waals surface area contributed by atoms with E-state index in [9.17, 15) is 5.11 Å². The third-order valence-corrected chi connectivity index (χ3v) is 4.88. The van der Waals surface area contributed by atoms with Crippen LogP contribution < -0.4 is 10.1 Å². The average molecular weight is 366 g/mol. The molecule has 7 nitrogen and oxygen atoms in total. The van der Waals surface area contributed by atoms with Gasteiger partial charge in [0.25, 0.3) is 0 Å². The van der Waals surface area contributed by atoms with E-state index < -0.39 is 18.4 Å². The van der Waals surface area contributed by atoms with Gasteiger partial charge in [0, 0.05) is 12.7 Å². The summed E-state index contributed by atoms with van der Waals surface area (Å²) in [5.74, 6) is 0.799. The molecule has 25 heavy (non-hydrogen) atoms. The lowest BCUT2D eigenvalue weighted by molar-refractivity contribution is -0.168. The van der Waals surface area contributed by atoms with Crippen LogP contribution >= 0.6 is 11.6 Å². The minimum absolute atomic E-state index is 0.201. The summed E-state index contributed by atoms with van der Waals surface area (Å²) in [6.07, 6.45) is 1.76. The Morgan fingerprint density at radius 1 is 1.48 bits per heavy atom. The summed E-state index contributed by atoms with van der Waals surface area (Å²) in [4.78, 5) is 0. The quantitative estimate of drug-likeness (QED) is 0.833. The lowest BCUT2D eigenvalue weighted by Crippen LogP contribution is -2.57. The first kappa shape index (κ1) is 16.8. The van der Waals surface area contributed by atoms with E-state index in [4.69, 9.17) is 25.8 Å². The normalized spacial score (nSPS) is 31.2. The van der Waals surface area contributed by atoms with Crippen LogP contribution in [0, 0.1) is 0 Å². The van der Waals surface area contributed by atoms with Crippen molar-refractivity contribution in [2.24, 2.45) is 0 Å². The summed E-state index contributed by atoms with van der Waals surface area (Å²) in [5, 5.41) is 19.0. The van der Waals surface area contributed by atoms with Gasteiger partial charge in [0.2, 0.25) is 0 Å².